The van der Waals surface area contributed by atoms with Gasteiger partial charge in [0.1, 0.15) is 0 Å². The second-order valence-electron chi connectivity index (χ2n) is 5.21. The Hall–Kier alpha value is -0.980. The molecule has 1 aliphatic carbocycles. The number of hydrogen-bond donors (Lipinski definition) is 2. The maximum atomic E-state index is 11.9. The summed E-state index contributed by atoms with van der Waals surface area (Å²) in [6.45, 7) is 0.520. The predicted octanol–water partition coefficient (Wildman–Crippen LogP) is 0.671. The number of nitrogens with one attached hydrogen (secondary N) is 1. The van der Waals surface area contributed by atoms with E-state index >= 15 is 0 Å². The molecule has 1 aromatic heterocycles. The van der Waals surface area contributed by atoms with Crippen LogP contribution in [0, 0.1) is 5.92 Å². The van der Waals surface area contributed by atoms with Gasteiger partial charge < -0.3 is 5.73 Å². The minimum atomic E-state index is -3.20. The van der Waals surface area contributed by atoms with Crippen LogP contribution in [0.4, 0.5) is 0 Å². The monoisotopic (exact) mass is 283 g/mol. The molecular formula is C13H21N3O2S. The van der Waals surface area contributed by atoms with E-state index in [2.05, 4.69) is 9.71 Å². The second-order valence-corrected chi connectivity index (χ2v) is 7.14. The highest BCUT2D eigenvalue weighted by molar-refractivity contribution is 7.89. The van der Waals surface area contributed by atoms with Crippen molar-refractivity contribution in [1.82, 2.24) is 9.71 Å². The van der Waals surface area contributed by atoms with E-state index in [1.54, 1.807) is 12.4 Å². The Balaban J connectivity index is 1.76. The standard InChI is InChI=1S/C13H21N3O2S/c14-13-2-1-12(9-13)10-16-19(17,18)8-5-11-3-6-15-7-4-11/h3-4,6-7,12-13,16H,1-2,5,8-10,14H2. The van der Waals surface area contributed by atoms with Crippen LogP contribution < -0.4 is 10.5 Å². The van der Waals surface area contributed by atoms with Crippen LogP contribution in [0.5, 0.6) is 0 Å². The molecule has 1 aliphatic rings. The summed E-state index contributed by atoms with van der Waals surface area (Å²) in [6.07, 6.45) is 6.82. The summed E-state index contributed by atoms with van der Waals surface area (Å²) in [4.78, 5) is 3.91. The van der Waals surface area contributed by atoms with Crippen molar-refractivity contribution in [3.05, 3.63) is 30.1 Å². The van der Waals surface area contributed by atoms with E-state index in [-0.39, 0.29) is 11.8 Å². The SMILES string of the molecule is NC1CCC(CNS(=O)(=O)CCc2ccncc2)C1. The summed E-state index contributed by atoms with van der Waals surface area (Å²) in [7, 11) is -3.20. The Labute approximate surface area is 114 Å². The van der Waals surface area contributed by atoms with Gasteiger partial charge in [-0.2, -0.15) is 0 Å². The lowest BCUT2D eigenvalue weighted by molar-refractivity contribution is 0.512. The van der Waals surface area contributed by atoms with Gasteiger partial charge in [-0.15, -0.1) is 0 Å². The number of sulfonamides is 1. The minimum absolute atomic E-state index is 0.121. The summed E-state index contributed by atoms with van der Waals surface area (Å²) < 4.78 is 26.5. The van der Waals surface area contributed by atoms with Gasteiger partial charge in [0, 0.05) is 25.0 Å². The van der Waals surface area contributed by atoms with Gasteiger partial charge in [-0.3, -0.25) is 4.98 Å². The zero-order valence-electron chi connectivity index (χ0n) is 11.0. The Morgan fingerprint density at radius 2 is 2.05 bits per heavy atom. The first-order chi connectivity index (χ1) is 9.05. The molecule has 0 aliphatic heterocycles. The number of nitrogens with zero attached hydrogens (tertiary/aromatic N) is 1. The smallest absolute Gasteiger partial charge is 0.211 e. The molecule has 1 saturated carbocycles. The molecule has 0 spiro atoms. The molecule has 19 heavy (non-hydrogen) atoms. The summed E-state index contributed by atoms with van der Waals surface area (Å²) in [5.74, 6) is 0.515. The van der Waals surface area contributed by atoms with Crippen LogP contribution in [-0.2, 0) is 16.4 Å². The quantitative estimate of drug-likeness (QED) is 0.803. The molecule has 3 N–H and O–H groups in total. The Morgan fingerprint density at radius 3 is 2.68 bits per heavy atom. The molecule has 1 fully saturated rings. The number of hydrogen-bond acceptors (Lipinski definition) is 4. The number of aromatic nitrogens is 1. The Morgan fingerprint density at radius 1 is 1.32 bits per heavy atom. The Kier molecular flexibility index (Phi) is 4.90. The normalized spacial score (nSPS) is 23.6. The number of rotatable bonds is 6. The lowest BCUT2D eigenvalue weighted by Crippen LogP contribution is -2.31. The molecule has 1 heterocycles. The zero-order valence-corrected chi connectivity index (χ0v) is 11.8. The van der Waals surface area contributed by atoms with E-state index in [0.29, 0.717) is 18.9 Å². The van der Waals surface area contributed by atoms with Gasteiger partial charge in [-0.25, -0.2) is 13.1 Å². The van der Waals surface area contributed by atoms with E-state index in [9.17, 15) is 8.42 Å². The third kappa shape index (κ3) is 4.89. The highest BCUT2D eigenvalue weighted by Gasteiger charge is 2.23. The lowest BCUT2D eigenvalue weighted by Gasteiger charge is -2.11. The average Bonchev–Trinajstić information content (AvgIpc) is 2.82. The van der Waals surface area contributed by atoms with Crippen molar-refractivity contribution >= 4 is 10.0 Å². The molecule has 6 heteroatoms. The van der Waals surface area contributed by atoms with Gasteiger partial charge >= 0.3 is 0 Å². The first-order valence-corrected chi connectivity index (χ1v) is 8.32. The van der Waals surface area contributed by atoms with Crippen LogP contribution in [0.2, 0.25) is 0 Å². The van der Waals surface area contributed by atoms with Crippen molar-refractivity contribution < 1.29 is 8.42 Å². The molecule has 106 valence electrons. The maximum Gasteiger partial charge on any atom is 0.211 e. The van der Waals surface area contributed by atoms with E-state index in [1.165, 1.54) is 0 Å². The highest BCUT2D eigenvalue weighted by Crippen LogP contribution is 2.23. The molecule has 0 saturated heterocycles. The van der Waals surface area contributed by atoms with Crippen LogP contribution in [0.3, 0.4) is 0 Å². The zero-order chi connectivity index (χ0) is 13.7. The molecule has 0 aromatic carbocycles. The predicted molar refractivity (Wildman–Crippen MR) is 75.0 cm³/mol. The molecule has 2 rings (SSSR count). The summed E-state index contributed by atoms with van der Waals surface area (Å²) >= 11 is 0. The van der Waals surface area contributed by atoms with Gasteiger partial charge in [-0.05, 0) is 49.3 Å². The van der Waals surface area contributed by atoms with Crippen molar-refractivity contribution in [3.63, 3.8) is 0 Å². The fourth-order valence-electron chi connectivity index (χ4n) is 2.42. The number of nitrogens with two attached hydrogens (primary N) is 1. The van der Waals surface area contributed by atoms with E-state index < -0.39 is 10.0 Å². The first kappa shape index (κ1) is 14.4. The molecule has 2 atom stereocenters. The number of aryl methyl sites for hydroxylation is 1. The average molecular weight is 283 g/mol. The van der Waals surface area contributed by atoms with Crippen molar-refractivity contribution in [2.45, 2.75) is 31.7 Å². The van der Waals surface area contributed by atoms with E-state index in [4.69, 9.17) is 5.73 Å². The van der Waals surface area contributed by atoms with Gasteiger partial charge in [0.15, 0.2) is 0 Å². The first-order valence-electron chi connectivity index (χ1n) is 6.67. The molecule has 0 amide bonds. The fourth-order valence-corrected chi connectivity index (χ4v) is 3.56. The van der Waals surface area contributed by atoms with Crippen LogP contribution in [-0.4, -0.2) is 31.7 Å². The van der Waals surface area contributed by atoms with Crippen molar-refractivity contribution in [2.24, 2.45) is 11.7 Å². The van der Waals surface area contributed by atoms with Crippen LogP contribution in [0.25, 0.3) is 0 Å². The summed E-state index contributed by atoms with van der Waals surface area (Å²) in [5, 5.41) is 0. The lowest BCUT2D eigenvalue weighted by atomic mass is 10.1. The van der Waals surface area contributed by atoms with Gasteiger partial charge in [0.2, 0.25) is 10.0 Å². The molecule has 0 bridgehead atoms. The maximum absolute atomic E-state index is 11.9. The van der Waals surface area contributed by atoms with E-state index in [1.807, 2.05) is 12.1 Å². The van der Waals surface area contributed by atoms with Crippen molar-refractivity contribution in [1.29, 1.82) is 0 Å². The minimum Gasteiger partial charge on any atom is -0.328 e. The third-order valence-electron chi connectivity index (χ3n) is 3.58. The highest BCUT2D eigenvalue weighted by atomic mass is 32.2. The Bertz CT molecular complexity index is 490. The summed E-state index contributed by atoms with van der Waals surface area (Å²) in [5.41, 5.74) is 6.81. The van der Waals surface area contributed by atoms with E-state index in [0.717, 1.165) is 24.8 Å². The molecule has 0 radical (unpaired) electrons. The molecule has 1 aromatic rings. The molecule has 5 nitrogen and oxygen atoms in total. The number of pyridine rings is 1. The van der Waals surface area contributed by atoms with Crippen LogP contribution >= 0.6 is 0 Å². The third-order valence-corrected chi connectivity index (χ3v) is 4.93. The van der Waals surface area contributed by atoms with Crippen molar-refractivity contribution in [2.75, 3.05) is 12.3 Å². The van der Waals surface area contributed by atoms with Gasteiger partial charge in [-0.1, -0.05) is 0 Å². The van der Waals surface area contributed by atoms with Crippen molar-refractivity contribution in [3.8, 4) is 0 Å². The molecule has 2 unspecified atom stereocenters. The topological polar surface area (TPSA) is 85.1 Å². The fraction of sp³-hybridized carbons (Fsp3) is 0.615. The largest absolute Gasteiger partial charge is 0.328 e. The van der Waals surface area contributed by atoms with Crippen LogP contribution in [0.15, 0.2) is 24.5 Å². The van der Waals surface area contributed by atoms with Gasteiger partial charge in [0.05, 0.1) is 5.75 Å². The second kappa shape index (κ2) is 6.45. The summed E-state index contributed by atoms with van der Waals surface area (Å²) in [6, 6.07) is 3.92. The van der Waals surface area contributed by atoms with Crippen LogP contribution in [0.1, 0.15) is 24.8 Å². The molecular weight excluding hydrogens is 262 g/mol. The van der Waals surface area contributed by atoms with Gasteiger partial charge in [0.25, 0.3) is 0 Å².